The Morgan fingerprint density at radius 1 is 1.11 bits per heavy atom. The number of hydrogen-bond donors (Lipinski definition) is 2. The van der Waals surface area contributed by atoms with Crippen molar-refractivity contribution in [2.75, 3.05) is 19.6 Å². The van der Waals surface area contributed by atoms with Crippen molar-refractivity contribution in [1.29, 1.82) is 0 Å². The molecule has 0 aliphatic carbocycles. The van der Waals surface area contributed by atoms with Crippen molar-refractivity contribution < 1.29 is 9.32 Å². The second kappa shape index (κ2) is 8.27. The fraction of sp³-hybridized carbons (Fsp3) is 0.273. The molecular formula is C22H24N4O2. The van der Waals surface area contributed by atoms with Crippen LogP contribution in [0.4, 0.5) is 4.79 Å². The lowest BCUT2D eigenvalue weighted by Gasteiger charge is -2.27. The minimum atomic E-state index is -0.489. The van der Waals surface area contributed by atoms with Crippen molar-refractivity contribution in [2.45, 2.75) is 18.9 Å². The summed E-state index contributed by atoms with van der Waals surface area (Å²) in [5.41, 5.74) is 9.68. The molecular weight excluding hydrogens is 352 g/mol. The number of carbonyl (C=O) groups is 1. The molecule has 1 aliphatic heterocycles. The number of carbonyl (C=O) groups excluding carboxylic acids is 1. The van der Waals surface area contributed by atoms with Crippen molar-refractivity contribution in [3.05, 3.63) is 88.8 Å². The minimum Gasteiger partial charge on any atom is -0.361 e. The molecule has 0 saturated carbocycles. The van der Waals surface area contributed by atoms with Gasteiger partial charge < -0.3 is 15.6 Å². The molecule has 4 rings (SSSR count). The molecule has 3 aromatic rings. The highest BCUT2D eigenvalue weighted by Crippen LogP contribution is 2.36. The van der Waals surface area contributed by atoms with E-state index in [4.69, 9.17) is 10.3 Å². The van der Waals surface area contributed by atoms with Crippen LogP contribution < -0.4 is 11.1 Å². The Bertz CT molecular complexity index is 885. The summed E-state index contributed by atoms with van der Waals surface area (Å²) in [6.45, 7) is 2.91. The third-order valence-electron chi connectivity index (χ3n) is 5.20. The third-order valence-corrected chi connectivity index (χ3v) is 5.20. The van der Waals surface area contributed by atoms with E-state index in [9.17, 15) is 4.79 Å². The molecule has 1 aliphatic rings. The molecule has 0 fully saturated rings. The number of rotatable bonds is 6. The first kappa shape index (κ1) is 18.3. The van der Waals surface area contributed by atoms with Crippen LogP contribution in [0.5, 0.6) is 0 Å². The highest BCUT2D eigenvalue weighted by molar-refractivity contribution is 5.71. The molecule has 0 atom stereocenters. The van der Waals surface area contributed by atoms with Gasteiger partial charge in [0.25, 0.3) is 0 Å². The smallest absolute Gasteiger partial charge is 0.312 e. The molecule has 28 heavy (non-hydrogen) atoms. The van der Waals surface area contributed by atoms with Crippen molar-refractivity contribution in [3.8, 4) is 0 Å². The quantitative estimate of drug-likeness (QED) is 0.693. The molecule has 2 aromatic carbocycles. The minimum absolute atomic E-state index is 0.0265. The Hall–Kier alpha value is -3.12. The first-order valence-electron chi connectivity index (χ1n) is 9.55. The van der Waals surface area contributed by atoms with Crippen LogP contribution in [-0.4, -0.2) is 35.7 Å². The van der Waals surface area contributed by atoms with E-state index in [0.29, 0.717) is 6.54 Å². The largest absolute Gasteiger partial charge is 0.361 e. The summed E-state index contributed by atoms with van der Waals surface area (Å²) < 4.78 is 5.74. The van der Waals surface area contributed by atoms with Crippen LogP contribution in [0, 0.1) is 0 Å². The lowest BCUT2D eigenvalue weighted by molar-refractivity contribution is 0.228. The number of amides is 2. The Labute approximate surface area is 164 Å². The summed E-state index contributed by atoms with van der Waals surface area (Å²) in [6.07, 6.45) is 0.815. The Balaban J connectivity index is 1.64. The molecule has 1 aromatic heterocycles. The predicted molar refractivity (Wildman–Crippen MR) is 107 cm³/mol. The van der Waals surface area contributed by atoms with Gasteiger partial charge in [-0.15, -0.1) is 0 Å². The molecule has 0 unspecified atom stereocenters. The summed E-state index contributed by atoms with van der Waals surface area (Å²) in [4.78, 5) is 13.2. The molecule has 0 radical (unpaired) electrons. The summed E-state index contributed by atoms with van der Waals surface area (Å²) in [7, 11) is 0. The topological polar surface area (TPSA) is 84.4 Å². The summed E-state index contributed by atoms with van der Waals surface area (Å²) in [5, 5.41) is 7.16. The highest BCUT2D eigenvalue weighted by atomic mass is 16.5. The maximum atomic E-state index is 10.9. The first-order chi connectivity index (χ1) is 13.7. The van der Waals surface area contributed by atoms with Gasteiger partial charge >= 0.3 is 6.03 Å². The zero-order chi connectivity index (χ0) is 19.3. The zero-order valence-electron chi connectivity index (χ0n) is 15.7. The average molecular weight is 376 g/mol. The van der Waals surface area contributed by atoms with Crippen LogP contribution in [0.1, 0.15) is 34.1 Å². The van der Waals surface area contributed by atoms with Crippen LogP contribution in [0.2, 0.25) is 0 Å². The number of urea groups is 1. The van der Waals surface area contributed by atoms with E-state index in [1.807, 2.05) is 12.1 Å². The van der Waals surface area contributed by atoms with Crippen LogP contribution in [0.3, 0.4) is 0 Å². The molecule has 6 heteroatoms. The number of nitrogens with one attached hydrogen (secondary N) is 1. The van der Waals surface area contributed by atoms with E-state index >= 15 is 0 Å². The summed E-state index contributed by atoms with van der Waals surface area (Å²) >= 11 is 0. The normalized spacial score (nSPS) is 14.0. The number of benzene rings is 2. The van der Waals surface area contributed by atoms with Crippen molar-refractivity contribution in [3.63, 3.8) is 0 Å². The summed E-state index contributed by atoms with van der Waals surface area (Å²) in [6, 6.07) is 20.3. The van der Waals surface area contributed by atoms with Gasteiger partial charge in [-0.3, -0.25) is 4.90 Å². The van der Waals surface area contributed by atoms with Gasteiger partial charge in [0.05, 0.1) is 5.92 Å². The molecule has 0 bridgehead atoms. The van der Waals surface area contributed by atoms with Gasteiger partial charge in [0, 0.05) is 38.2 Å². The van der Waals surface area contributed by atoms with E-state index < -0.39 is 6.03 Å². The fourth-order valence-electron chi connectivity index (χ4n) is 3.84. The van der Waals surface area contributed by atoms with Gasteiger partial charge in [-0.05, 0) is 11.1 Å². The van der Waals surface area contributed by atoms with Crippen LogP contribution in [-0.2, 0) is 13.0 Å². The SMILES string of the molecule is NC(=O)NCCN1CCc2onc(C(c3ccccc3)c3ccccc3)c2C1. The van der Waals surface area contributed by atoms with Gasteiger partial charge in [0.2, 0.25) is 0 Å². The third kappa shape index (κ3) is 3.92. The lowest BCUT2D eigenvalue weighted by atomic mass is 9.85. The maximum absolute atomic E-state index is 10.9. The number of hydrogen-bond acceptors (Lipinski definition) is 4. The van der Waals surface area contributed by atoms with E-state index in [-0.39, 0.29) is 5.92 Å². The van der Waals surface area contributed by atoms with Gasteiger partial charge in [-0.25, -0.2) is 4.79 Å². The van der Waals surface area contributed by atoms with Crippen molar-refractivity contribution in [1.82, 2.24) is 15.4 Å². The first-order valence-corrected chi connectivity index (χ1v) is 9.55. The Morgan fingerprint density at radius 2 is 1.75 bits per heavy atom. The van der Waals surface area contributed by atoms with Gasteiger partial charge in [0.15, 0.2) is 0 Å². The second-order valence-corrected chi connectivity index (χ2v) is 7.04. The van der Waals surface area contributed by atoms with Crippen LogP contribution >= 0.6 is 0 Å². The second-order valence-electron chi connectivity index (χ2n) is 7.04. The number of aromatic nitrogens is 1. The average Bonchev–Trinajstić information content (AvgIpc) is 3.13. The van der Waals surface area contributed by atoms with Gasteiger partial charge in [0.1, 0.15) is 11.5 Å². The van der Waals surface area contributed by atoms with E-state index in [1.165, 1.54) is 11.1 Å². The molecule has 144 valence electrons. The number of nitrogens with zero attached hydrogens (tertiary/aromatic N) is 2. The molecule has 0 saturated heterocycles. The number of fused-ring (bicyclic) bond motifs is 1. The molecule has 6 nitrogen and oxygen atoms in total. The zero-order valence-corrected chi connectivity index (χ0v) is 15.7. The molecule has 2 amide bonds. The Kier molecular flexibility index (Phi) is 5.39. The van der Waals surface area contributed by atoms with Crippen molar-refractivity contribution >= 4 is 6.03 Å². The summed E-state index contributed by atoms with van der Waals surface area (Å²) in [5.74, 6) is 0.990. The lowest BCUT2D eigenvalue weighted by Crippen LogP contribution is -2.39. The molecule has 2 heterocycles. The monoisotopic (exact) mass is 376 g/mol. The van der Waals surface area contributed by atoms with Crippen LogP contribution in [0.15, 0.2) is 65.2 Å². The van der Waals surface area contributed by atoms with Gasteiger partial charge in [-0.1, -0.05) is 65.8 Å². The maximum Gasteiger partial charge on any atom is 0.312 e. The number of primary amides is 1. The van der Waals surface area contributed by atoms with E-state index in [1.54, 1.807) is 0 Å². The standard InChI is InChI=1S/C22H24N4O2/c23-22(27)24-12-14-26-13-11-19-18(15-26)21(25-28-19)20(16-7-3-1-4-8-16)17-9-5-2-6-10-17/h1-10,20H,11-15H2,(H3,23,24,27). The van der Waals surface area contributed by atoms with Gasteiger partial charge in [-0.2, -0.15) is 0 Å². The fourth-order valence-corrected chi connectivity index (χ4v) is 3.84. The highest BCUT2D eigenvalue weighted by Gasteiger charge is 2.29. The Morgan fingerprint density at radius 3 is 2.36 bits per heavy atom. The van der Waals surface area contributed by atoms with Crippen LogP contribution in [0.25, 0.3) is 0 Å². The molecule has 3 N–H and O–H groups in total. The van der Waals surface area contributed by atoms with Crippen molar-refractivity contribution in [2.24, 2.45) is 5.73 Å². The van der Waals surface area contributed by atoms with E-state index in [2.05, 4.69) is 63.9 Å². The number of nitrogens with two attached hydrogens (primary N) is 1. The molecule has 0 spiro atoms. The van der Waals surface area contributed by atoms with E-state index in [0.717, 1.165) is 43.1 Å². The predicted octanol–water partition coefficient (Wildman–Crippen LogP) is 2.88.